The van der Waals surface area contributed by atoms with E-state index in [-0.39, 0.29) is 17.2 Å². The zero-order valence-corrected chi connectivity index (χ0v) is 20.6. The molecule has 34 heavy (non-hydrogen) atoms. The van der Waals surface area contributed by atoms with Gasteiger partial charge in [0, 0.05) is 38.3 Å². The van der Waals surface area contributed by atoms with Crippen molar-refractivity contribution in [2.45, 2.75) is 69.2 Å². The van der Waals surface area contributed by atoms with E-state index in [1.165, 1.54) is 4.31 Å². The fourth-order valence-corrected chi connectivity index (χ4v) is 6.69. The number of anilines is 1. The molecule has 4 amide bonds. The van der Waals surface area contributed by atoms with Gasteiger partial charge < -0.3 is 10.2 Å². The fourth-order valence-electron chi connectivity index (χ4n) is 5.18. The second-order valence-electron chi connectivity index (χ2n) is 9.12. The molecular weight excluding hydrogens is 458 g/mol. The van der Waals surface area contributed by atoms with Gasteiger partial charge in [0.1, 0.15) is 5.54 Å². The van der Waals surface area contributed by atoms with E-state index >= 15 is 0 Å². The first-order valence-corrected chi connectivity index (χ1v) is 13.5. The van der Waals surface area contributed by atoms with Crippen LogP contribution in [0, 0.1) is 0 Å². The van der Waals surface area contributed by atoms with Gasteiger partial charge in [0.2, 0.25) is 15.9 Å². The Hall–Kier alpha value is -2.66. The van der Waals surface area contributed by atoms with Gasteiger partial charge in [-0.3, -0.25) is 15.0 Å². The Morgan fingerprint density at radius 3 is 2.53 bits per heavy atom. The number of hydrogen-bond acceptors (Lipinski definition) is 6. The van der Waals surface area contributed by atoms with Gasteiger partial charge in [0.15, 0.2) is 0 Å². The average molecular weight is 492 g/mol. The van der Waals surface area contributed by atoms with Crippen molar-refractivity contribution >= 4 is 33.6 Å². The van der Waals surface area contributed by atoms with Gasteiger partial charge in [-0.25, -0.2) is 13.2 Å². The summed E-state index contributed by atoms with van der Waals surface area (Å²) in [6, 6.07) is 4.55. The zero-order chi connectivity index (χ0) is 24.5. The summed E-state index contributed by atoms with van der Waals surface area (Å²) in [5, 5.41) is 3.61. The largest absolute Gasteiger partial charge is 0.370 e. The highest BCUT2D eigenvalue weighted by Crippen LogP contribution is 2.33. The number of sulfonamides is 1. The standard InChI is InChI=1S/C23H33N5O5S/c1-3-27(4-2)34(32,33)18-8-9-19-17(16-18)10-14-26(19)15-11-20(29)25-28-21(30)23(24-22(28)31)12-6-5-7-13-23/h8-9,16H,3-7,10-15H2,1-2H3,(H,24,31)(H,25,29). The number of urea groups is 1. The summed E-state index contributed by atoms with van der Waals surface area (Å²) in [7, 11) is -3.53. The monoisotopic (exact) mass is 491 g/mol. The predicted octanol–water partition coefficient (Wildman–Crippen LogP) is 1.76. The lowest BCUT2D eigenvalue weighted by Gasteiger charge is -2.30. The Bertz CT molecular complexity index is 1080. The van der Waals surface area contributed by atoms with Crippen molar-refractivity contribution in [3.05, 3.63) is 23.8 Å². The number of imide groups is 1. The molecule has 1 aliphatic carbocycles. The van der Waals surface area contributed by atoms with Gasteiger partial charge in [-0.15, -0.1) is 0 Å². The minimum absolute atomic E-state index is 0.100. The van der Waals surface area contributed by atoms with Crippen LogP contribution >= 0.6 is 0 Å². The van der Waals surface area contributed by atoms with Crippen molar-refractivity contribution in [2.24, 2.45) is 0 Å². The number of benzene rings is 1. The van der Waals surface area contributed by atoms with Crippen LogP contribution in [0.15, 0.2) is 23.1 Å². The summed E-state index contributed by atoms with van der Waals surface area (Å²) in [5.74, 6) is -0.787. The van der Waals surface area contributed by atoms with Gasteiger partial charge in [-0.05, 0) is 43.0 Å². The second-order valence-corrected chi connectivity index (χ2v) is 11.1. The molecule has 1 aromatic carbocycles. The smallest absolute Gasteiger partial charge is 0.344 e. The molecule has 4 rings (SSSR count). The predicted molar refractivity (Wildman–Crippen MR) is 126 cm³/mol. The van der Waals surface area contributed by atoms with Crippen molar-refractivity contribution < 1.29 is 22.8 Å². The third-order valence-corrected chi connectivity index (χ3v) is 9.15. The summed E-state index contributed by atoms with van der Waals surface area (Å²) >= 11 is 0. The quantitative estimate of drug-likeness (QED) is 0.535. The lowest BCUT2D eigenvalue weighted by molar-refractivity contribution is -0.139. The van der Waals surface area contributed by atoms with Crippen LogP contribution in [0.1, 0.15) is 57.9 Å². The van der Waals surface area contributed by atoms with Crippen LogP contribution in [0.3, 0.4) is 0 Å². The van der Waals surface area contributed by atoms with Crippen molar-refractivity contribution in [3.63, 3.8) is 0 Å². The van der Waals surface area contributed by atoms with Crippen LogP contribution in [0.2, 0.25) is 0 Å². The van der Waals surface area contributed by atoms with E-state index in [0.29, 0.717) is 45.4 Å². The molecule has 186 valence electrons. The molecule has 0 unspecified atom stereocenters. The molecule has 2 heterocycles. The maximum atomic E-state index is 12.8. The number of amides is 4. The number of hydrazine groups is 1. The van der Waals surface area contributed by atoms with Crippen LogP contribution in [0.25, 0.3) is 0 Å². The third kappa shape index (κ3) is 4.38. The fraction of sp³-hybridized carbons (Fsp3) is 0.609. The minimum Gasteiger partial charge on any atom is -0.370 e. The van der Waals surface area contributed by atoms with E-state index < -0.39 is 27.5 Å². The highest BCUT2D eigenvalue weighted by molar-refractivity contribution is 7.89. The summed E-state index contributed by atoms with van der Waals surface area (Å²) in [4.78, 5) is 40.0. The molecule has 1 aromatic rings. The van der Waals surface area contributed by atoms with E-state index in [1.54, 1.807) is 18.2 Å². The van der Waals surface area contributed by atoms with Gasteiger partial charge in [-0.1, -0.05) is 33.1 Å². The first kappa shape index (κ1) is 24.5. The van der Waals surface area contributed by atoms with E-state index in [1.807, 2.05) is 18.7 Å². The molecule has 1 saturated carbocycles. The second kappa shape index (κ2) is 9.53. The normalized spacial score (nSPS) is 19.6. The molecule has 0 atom stereocenters. The molecule has 10 nitrogen and oxygen atoms in total. The summed E-state index contributed by atoms with van der Waals surface area (Å²) in [6.45, 7) is 5.52. The van der Waals surface area contributed by atoms with Gasteiger partial charge in [-0.2, -0.15) is 9.31 Å². The van der Waals surface area contributed by atoms with Crippen molar-refractivity contribution in [2.75, 3.05) is 31.1 Å². The van der Waals surface area contributed by atoms with Crippen LogP contribution in [0.4, 0.5) is 10.5 Å². The van der Waals surface area contributed by atoms with Crippen LogP contribution in [-0.2, 0) is 26.0 Å². The number of rotatable bonds is 8. The van der Waals surface area contributed by atoms with Crippen molar-refractivity contribution in [1.29, 1.82) is 0 Å². The summed E-state index contributed by atoms with van der Waals surface area (Å²) in [5.41, 5.74) is 3.44. The molecule has 11 heteroatoms. The topological polar surface area (TPSA) is 119 Å². The minimum atomic E-state index is -3.53. The number of fused-ring (bicyclic) bond motifs is 1. The zero-order valence-electron chi connectivity index (χ0n) is 19.8. The van der Waals surface area contributed by atoms with Crippen molar-refractivity contribution in [3.8, 4) is 0 Å². The van der Waals surface area contributed by atoms with Crippen LogP contribution in [-0.4, -0.2) is 67.3 Å². The van der Waals surface area contributed by atoms with E-state index in [2.05, 4.69) is 10.7 Å². The molecule has 1 saturated heterocycles. The number of carbonyl (C=O) groups excluding carboxylic acids is 3. The van der Waals surface area contributed by atoms with Crippen LogP contribution in [0.5, 0.6) is 0 Å². The third-order valence-electron chi connectivity index (χ3n) is 7.10. The number of nitrogens with zero attached hydrogens (tertiary/aromatic N) is 3. The Balaban J connectivity index is 1.36. The molecule has 0 radical (unpaired) electrons. The van der Waals surface area contributed by atoms with Crippen LogP contribution < -0.4 is 15.6 Å². The number of hydrogen-bond donors (Lipinski definition) is 2. The molecule has 3 aliphatic rings. The van der Waals surface area contributed by atoms with Gasteiger partial charge >= 0.3 is 6.03 Å². The Kier molecular flexibility index (Phi) is 6.86. The lowest BCUT2D eigenvalue weighted by Crippen LogP contribution is -2.51. The maximum Gasteiger partial charge on any atom is 0.344 e. The average Bonchev–Trinajstić information content (AvgIpc) is 3.32. The Morgan fingerprint density at radius 2 is 1.85 bits per heavy atom. The molecule has 2 N–H and O–H groups in total. The number of carbonyl (C=O) groups is 3. The molecule has 0 bridgehead atoms. The summed E-state index contributed by atoms with van der Waals surface area (Å²) in [6.07, 6.45) is 4.77. The molecule has 2 aliphatic heterocycles. The van der Waals surface area contributed by atoms with E-state index in [0.717, 1.165) is 35.5 Å². The Labute approximate surface area is 200 Å². The van der Waals surface area contributed by atoms with Crippen molar-refractivity contribution in [1.82, 2.24) is 20.1 Å². The number of nitrogens with one attached hydrogen (secondary N) is 2. The first-order chi connectivity index (χ1) is 16.2. The highest BCUT2D eigenvalue weighted by Gasteiger charge is 2.52. The molecular formula is C23H33N5O5S. The maximum absolute atomic E-state index is 12.8. The highest BCUT2D eigenvalue weighted by atomic mass is 32.2. The summed E-state index contributed by atoms with van der Waals surface area (Å²) < 4.78 is 27.1. The molecule has 2 fully saturated rings. The molecule has 1 spiro atoms. The SMILES string of the molecule is CCN(CC)S(=O)(=O)c1ccc2c(c1)CCN2CCC(=O)NN1C(=O)NC2(CCCCC2)C1=O. The van der Waals surface area contributed by atoms with Gasteiger partial charge in [0.05, 0.1) is 4.90 Å². The van der Waals surface area contributed by atoms with Gasteiger partial charge in [0.25, 0.3) is 5.91 Å². The first-order valence-electron chi connectivity index (χ1n) is 12.1. The van der Waals surface area contributed by atoms with E-state index in [9.17, 15) is 22.8 Å². The van der Waals surface area contributed by atoms with E-state index in [4.69, 9.17) is 0 Å². The Morgan fingerprint density at radius 1 is 1.15 bits per heavy atom. The lowest BCUT2D eigenvalue weighted by atomic mass is 9.82. The molecule has 0 aromatic heterocycles.